The highest BCUT2D eigenvalue weighted by atomic mass is 16.5. The molecule has 0 spiro atoms. The first-order valence-electron chi connectivity index (χ1n) is 10.7. The lowest BCUT2D eigenvalue weighted by Gasteiger charge is -2.40. The van der Waals surface area contributed by atoms with Crippen molar-refractivity contribution in [2.24, 2.45) is 0 Å². The molecule has 1 aliphatic rings. The summed E-state index contributed by atoms with van der Waals surface area (Å²) in [6, 6.07) is 25.3. The molecule has 4 rings (SSSR count). The van der Waals surface area contributed by atoms with E-state index >= 15 is 0 Å². The number of hydrogen-bond donors (Lipinski definition) is 2. The Morgan fingerprint density at radius 1 is 0.818 bits per heavy atom. The summed E-state index contributed by atoms with van der Waals surface area (Å²) < 4.78 is 0. The van der Waals surface area contributed by atoms with Gasteiger partial charge in [-0.3, -0.25) is 19.6 Å². The lowest BCUT2D eigenvalue weighted by atomic mass is 9.99. The van der Waals surface area contributed by atoms with Crippen molar-refractivity contribution in [3.63, 3.8) is 0 Å². The molecule has 7 nitrogen and oxygen atoms in total. The molecule has 2 N–H and O–H groups in total. The van der Waals surface area contributed by atoms with Crippen molar-refractivity contribution in [2.75, 3.05) is 6.54 Å². The summed E-state index contributed by atoms with van der Waals surface area (Å²) in [7, 11) is 0. The number of carbonyl (C=O) groups excluding carboxylic acids is 3. The second-order valence-corrected chi connectivity index (χ2v) is 8.04. The van der Waals surface area contributed by atoms with E-state index in [0.29, 0.717) is 18.5 Å². The quantitative estimate of drug-likeness (QED) is 0.434. The molecular formula is C26H25N3O4. The Balaban J connectivity index is 1.56. The van der Waals surface area contributed by atoms with Gasteiger partial charge < -0.3 is 9.80 Å². The van der Waals surface area contributed by atoms with Crippen molar-refractivity contribution >= 4 is 17.7 Å². The highest BCUT2D eigenvalue weighted by Crippen LogP contribution is 2.22. The van der Waals surface area contributed by atoms with Crippen LogP contribution in [0.4, 0.5) is 0 Å². The Morgan fingerprint density at radius 2 is 1.39 bits per heavy atom. The molecule has 1 fully saturated rings. The molecule has 0 bridgehead atoms. The molecule has 1 heterocycles. The minimum Gasteiger partial charge on any atom is -0.327 e. The van der Waals surface area contributed by atoms with E-state index in [1.165, 1.54) is 0 Å². The molecule has 1 unspecified atom stereocenters. The van der Waals surface area contributed by atoms with E-state index in [1.807, 2.05) is 60.7 Å². The topological polar surface area (TPSA) is 89.9 Å². The summed E-state index contributed by atoms with van der Waals surface area (Å²) in [4.78, 5) is 41.5. The molecule has 7 heteroatoms. The fraction of sp³-hybridized carbons (Fsp3) is 0.192. The van der Waals surface area contributed by atoms with Gasteiger partial charge in [-0.25, -0.2) is 5.48 Å². The van der Waals surface area contributed by atoms with E-state index in [9.17, 15) is 14.4 Å². The maximum atomic E-state index is 13.5. The monoisotopic (exact) mass is 443 g/mol. The molecule has 3 aromatic carbocycles. The smallest absolute Gasteiger partial charge is 0.274 e. The average molecular weight is 444 g/mol. The lowest BCUT2D eigenvalue weighted by molar-refractivity contribution is -0.157. The van der Waals surface area contributed by atoms with Gasteiger partial charge in [0.2, 0.25) is 11.8 Å². The summed E-state index contributed by atoms with van der Waals surface area (Å²) >= 11 is 0. The van der Waals surface area contributed by atoms with Gasteiger partial charge in [-0.2, -0.15) is 0 Å². The molecule has 0 saturated carbocycles. The fourth-order valence-electron chi connectivity index (χ4n) is 4.04. The molecule has 3 aromatic rings. The van der Waals surface area contributed by atoms with Crippen LogP contribution in [0, 0.1) is 0 Å². The first-order chi connectivity index (χ1) is 16.0. The Morgan fingerprint density at radius 3 is 2.00 bits per heavy atom. The molecule has 168 valence electrons. The maximum Gasteiger partial charge on any atom is 0.274 e. The standard InChI is InChI=1S/C26H25N3O4/c30-24-18-28(16-21-11-13-22(14-12-21)25(31)27-33)26(32)23(15-19-7-3-1-4-8-19)29(24)17-20-9-5-2-6-10-20/h1-14,23,33H,15-18H2,(H,27,31). The number of amides is 3. The van der Waals surface area contributed by atoms with Crippen LogP contribution in [0.5, 0.6) is 0 Å². The number of benzene rings is 3. The van der Waals surface area contributed by atoms with Gasteiger partial charge in [0.05, 0.1) is 0 Å². The van der Waals surface area contributed by atoms with Crippen molar-refractivity contribution in [2.45, 2.75) is 25.6 Å². The normalized spacial score (nSPS) is 16.1. The van der Waals surface area contributed by atoms with Gasteiger partial charge in [0.15, 0.2) is 0 Å². The van der Waals surface area contributed by atoms with Crippen molar-refractivity contribution in [3.8, 4) is 0 Å². The highest BCUT2D eigenvalue weighted by Gasteiger charge is 2.39. The lowest BCUT2D eigenvalue weighted by Crippen LogP contribution is -2.59. The van der Waals surface area contributed by atoms with Gasteiger partial charge in [-0.15, -0.1) is 0 Å². The van der Waals surface area contributed by atoms with Crippen molar-refractivity contribution < 1.29 is 19.6 Å². The van der Waals surface area contributed by atoms with Gasteiger partial charge >= 0.3 is 0 Å². The number of nitrogens with one attached hydrogen (secondary N) is 1. The van der Waals surface area contributed by atoms with Crippen LogP contribution in [0.1, 0.15) is 27.0 Å². The number of nitrogens with zero attached hydrogens (tertiary/aromatic N) is 2. The maximum absolute atomic E-state index is 13.5. The first-order valence-corrected chi connectivity index (χ1v) is 10.7. The van der Waals surface area contributed by atoms with Crippen LogP contribution < -0.4 is 5.48 Å². The predicted octanol–water partition coefficient (Wildman–Crippen LogP) is 2.79. The third-order valence-corrected chi connectivity index (χ3v) is 5.78. The van der Waals surface area contributed by atoms with Crippen LogP contribution >= 0.6 is 0 Å². The van der Waals surface area contributed by atoms with Gasteiger partial charge in [0.25, 0.3) is 5.91 Å². The Kier molecular flexibility index (Phi) is 6.80. The second-order valence-electron chi connectivity index (χ2n) is 8.04. The number of carbonyl (C=O) groups is 3. The Hall–Kier alpha value is -3.97. The van der Waals surface area contributed by atoms with Gasteiger partial charge in [-0.1, -0.05) is 72.8 Å². The molecule has 1 aliphatic heterocycles. The first kappa shape index (κ1) is 22.2. The van der Waals surface area contributed by atoms with E-state index in [0.717, 1.165) is 16.7 Å². The van der Waals surface area contributed by atoms with E-state index in [4.69, 9.17) is 5.21 Å². The van der Waals surface area contributed by atoms with Gasteiger partial charge in [-0.05, 0) is 28.8 Å². The van der Waals surface area contributed by atoms with E-state index < -0.39 is 11.9 Å². The minimum atomic E-state index is -0.606. The third kappa shape index (κ3) is 5.27. The molecule has 1 saturated heterocycles. The summed E-state index contributed by atoms with van der Waals surface area (Å²) in [5.41, 5.74) is 4.65. The molecule has 0 aliphatic carbocycles. The van der Waals surface area contributed by atoms with Crippen LogP contribution in [0.25, 0.3) is 0 Å². The van der Waals surface area contributed by atoms with Crippen molar-refractivity contribution in [3.05, 3.63) is 107 Å². The summed E-state index contributed by atoms with van der Waals surface area (Å²) in [5, 5.41) is 8.77. The van der Waals surface area contributed by atoms with E-state index in [2.05, 4.69) is 0 Å². The van der Waals surface area contributed by atoms with E-state index in [-0.39, 0.29) is 24.9 Å². The second kappa shape index (κ2) is 10.1. The Bertz CT molecular complexity index is 1120. The minimum absolute atomic E-state index is 0.00413. The molecular weight excluding hydrogens is 418 g/mol. The summed E-state index contributed by atoms with van der Waals surface area (Å²) in [6.07, 6.45) is 0.435. The zero-order chi connectivity index (χ0) is 23.2. The Labute approximate surface area is 192 Å². The largest absolute Gasteiger partial charge is 0.327 e. The molecule has 0 radical (unpaired) electrons. The summed E-state index contributed by atoms with van der Waals surface area (Å²) in [5.74, 6) is -0.813. The third-order valence-electron chi connectivity index (χ3n) is 5.78. The highest BCUT2D eigenvalue weighted by molar-refractivity contribution is 5.95. The van der Waals surface area contributed by atoms with Crippen LogP contribution in [-0.2, 0) is 29.1 Å². The zero-order valence-corrected chi connectivity index (χ0v) is 18.1. The average Bonchev–Trinajstić information content (AvgIpc) is 2.85. The summed E-state index contributed by atoms with van der Waals surface area (Å²) in [6.45, 7) is 0.633. The molecule has 33 heavy (non-hydrogen) atoms. The molecule has 1 atom stereocenters. The number of piperazine rings is 1. The SMILES string of the molecule is O=C(NO)c1ccc(CN2CC(=O)N(Cc3ccccc3)C(Cc3ccccc3)C2=O)cc1. The van der Waals surface area contributed by atoms with Gasteiger partial charge in [0, 0.05) is 25.1 Å². The predicted molar refractivity (Wildman–Crippen MR) is 122 cm³/mol. The number of hydrogen-bond acceptors (Lipinski definition) is 4. The van der Waals surface area contributed by atoms with Crippen LogP contribution in [0.2, 0.25) is 0 Å². The van der Waals surface area contributed by atoms with E-state index in [1.54, 1.807) is 39.5 Å². The molecule has 3 amide bonds. The number of rotatable bonds is 7. The fourth-order valence-corrected chi connectivity index (χ4v) is 4.04. The van der Waals surface area contributed by atoms with Crippen LogP contribution in [0.15, 0.2) is 84.9 Å². The zero-order valence-electron chi connectivity index (χ0n) is 18.1. The van der Waals surface area contributed by atoms with Crippen molar-refractivity contribution in [1.82, 2.24) is 15.3 Å². The van der Waals surface area contributed by atoms with Gasteiger partial charge in [0.1, 0.15) is 12.6 Å². The van der Waals surface area contributed by atoms with Crippen LogP contribution in [0.3, 0.4) is 0 Å². The van der Waals surface area contributed by atoms with Crippen LogP contribution in [-0.4, -0.2) is 45.3 Å². The number of hydroxylamine groups is 1. The van der Waals surface area contributed by atoms with Crippen molar-refractivity contribution in [1.29, 1.82) is 0 Å². The molecule has 0 aromatic heterocycles.